The Bertz CT molecular complexity index is 2670. The van der Waals surface area contributed by atoms with Gasteiger partial charge in [-0.2, -0.15) is 5.11 Å². The molecular weight excluding hydrogens is 823 g/mol. The molecule has 5 rings (SSSR count). The Morgan fingerprint density at radius 3 is 1.67 bits per heavy atom. The number of phenolic OH excluding ortho intramolecular Hbond substituents is 1. The van der Waals surface area contributed by atoms with Gasteiger partial charge in [-0.1, -0.05) is 30.3 Å². The molecule has 55 heavy (non-hydrogen) atoms. The van der Waals surface area contributed by atoms with Gasteiger partial charge in [-0.15, -0.1) is 5.11 Å². The van der Waals surface area contributed by atoms with Gasteiger partial charge in [0.15, 0.2) is 5.75 Å². The summed E-state index contributed by atoms with van der Waals surface area (Å²) in [5.41, 5.74) is 0.668. The molecule has 0 aliphatic rings. The number of nitrogens with two attached hydrogens (primary N) is 2. The molecule has 0 fully saturated rings. The van der Waals surface area contributed by atoms with E-state index in [1.165, 1.54) is 12.1 Å². The number of phenols is 1. The molecule has 1 amide bonds. The molecule has 0 heterocycles. The van der Waals surface area contributed by atoms with Crippen LogP contribution in [0.4, 0.5) is 22.7 Å². The summed E-state index contributed by atoms with van der Waals surface area (Å²) in [6.45, 7) is 1.72. The van der Waals surface area contributed by atoms with Gasteiger partial charge >= 0.3 is 59.1 Å². The first-order chi connectivity index (χ1) is 24.5. The number of sulfonamides is 2. The maximum Gasteiger partial charge on any atom is 1.00 e. The largest absolute Gasteiger partial charge is 1.00 e. The molecule has 24 heteroatoms. The Balaban J connectivity index is 0.000000441. The number of fused-ring (bicyclic) bond motifs is 1. The second-order valence-corrected chi connectivity index (χ2v) is 16.7. The van der Waals surface area contributed by atoms with E-state index in [2.05, 4.69) is 20.9 Å². The average molecular weight is 851 g/mol. The summed E-state index contributed by atoms with van der Waals surface area (Å²) in [5.74, 6) is -1.68. The zero-order chi connectivity index (χ0) is 39.4. The Morgan fingerprint density at radius 1 is 0.709 bits per heavy atom. The smallest absolute Gasteiger partial charge is 0.744 e. The fourth-order valence-electron chi connectivity index (χ4n) is 4.53. The maximum absolute atomic E-state index is 11.8. The molecule has 0 bridgehead atoms. The van der Waals surface area contributed by atoms with Crippen LogP contribution in [0, 0.1) is 0 Å². The van der Waals surface area contributed by atoms with E-state index >= 15 is 0 Å². The molecule has 0 saturated heterocycles. The van der Waals surface area contributed by atoms with Crippen molar-refractivity contribution in [3.8, 4) is 5.75 Å². The maximum atomic E-state index is 11.8. The molecule has 0 unspecified atom stereocenters. The zero-order valence-electron chi connectivity index (χ0n) is 29.1. The zero-order valence-corrected chi connectivity index (χ0v) is 36.3. The molecule has 0 aliphatic carbocycles. The molecule has 0 aromatic heterocycles. The number of rotatable bonds is 10. The van der Waals surface area contributed by atoms with Crippen LogP contribution >= 0.6 is 0 Å². The molecule has 18 nitrogen and oxygen atoms in total. The fraction of sp³-hybridized carbons (Fsp3) is 0.0645. The Morgan fingerprint density at radius 2 is 1.20 bits per heavy atom. The van der Waals surface area contributed by atoms with Crippen molar-refractivity contribution >= 4 is 79.7 Å². The summed E-state index contributed by atoms with van der Waals surface area (Å²) in [6.07, 6.45) is 0. The number of carbonyl (C=O) groups excluding carboxylic acids is 1. The van der Waals surface area contributed by atoms with Crippen molar-refractivity contribution in [2.24, 2.45) is 20.5 Å². The van der Waals surface area contributed by atoms with E-state index in [0.717, 1.165) is 48.5 Å². The Kier molecular flexibility index (Phi) is 16.7. The number of nitrogens with one attached hydrogen (secondary N) is 2. The second kappa shape index (κ2) is 19.2. The minimum atomic E-state index is -5.31. The van der Waals surface area contributed by atoms with Gasteiger partial charge in [0.05, 0.1) is 31.0 Å². The van der Waals surface area contributed by atoms with Crippen LogP contribution in [0.2, 0.25) is 0 Å². The van der Waals surface area contributed by atoms with Crippen LogP contribution in [0.3, 0.4) is 0 Å². The number of benzene rings is 5. The number of amides is 1. The van der Waals surface area contributed by atoms with E-state index < -0.39 is 73.1 Å². The van der Waals surface area contributed by atoms with Crippen molar-refractivity contribution < 1.29 is 112 Å². The Hall–Kier alpha value is -3.33. The first-order valence-electron chi connectivity index (χ1n) is 14.5. The molecule has 280 valence electrons. The van der Waals surface area contributed by atoms with Gasteiger partial charge in [0.1, 0.15) is 25.9 Å². The van der Waals surface area contributed by atoms with Gasteiger partial charge in [0.2, 0.25) is 26.0 Å². The van der Waals surface area contributed by atoms with Gasteiger partial charge in [-0.25, -0.2) is 43.9 Å². The van der Waals surface area contributed by atoms with E-state index in [1.807, 2.05) is 30.3 Å². The molecule has 5 aromatic carbocycles. The molecule has 0 spiro atoms. The monoisotopic (exact) mass is 850 g/mol. The first-order valence-corrected chi connectivity index (χ1v) is 20.4. The van der Waals surface area contributed by atoms with Gasteiger partial charge in [0, 0.05) is 24.5 Å². The minimum Gasteiger partial charge on any atom is -0.744 e. The molecule has 7 N–H and O–H groups in total. The standard InChI is InChI=1S/C18H16N4O10S3.C13H14N2O2S.2Na/c1-9(23)20-14-8-13-10(6-15(14)34(27,28)29)7-16(35(30,31)32)17(18(13)24)22-21-11-2-4-12(5-3-11)33(19,25)26;14-18(16,17)13-8-6-12(7-9-13)15-10-11-4-2-1-3-5-11;;/h2-8,24H,1H3,(H,20,23)(H2,19,25,26)(H,27,28,29)(H,30,31,32);1-9,15H,10H2,(H2,14,16,17);;/q;;2*+1/p-2/b22-21+;;;. The van der Waals surface area contributed by atoms with E-state index in [4.69, 9.17) is 10.3 Å². The minimum absolute atomic E-state index is 0. The summed E-state index contributed by atoms with van der Waals surface area (Å²) in [6, 6.07) is 23.1. The number of aromatic hydroxyl groups is 1. The number of nitrogens with zero attached hydrogens (tertiary/aromatic N) is 2. The summed E-state index contributed by atoms with van der Waals surface area (Å²) in [4.78, 5) is 9.29. The van der Waals surface area contributed by atoms with Gasteiger partial charge in [0.25, 0.3) is 0 Å². The van der Waals surface area contributed by atoms with Crippen molar-refractivity contribution in [2.45, 2.75) is 33.1 Å². The van der Waals surface area contributed by atoms with Crippen LogP contribution < -0.4 is 80.0 Å². The van der Waals surface area contributed by atoms with Crippen molar-refractivity contribution in [1.29, 1.82) is 0 Å². The topological polar surface area (TPSA) is 321 Å². The van der Waals surface area contributed by atoms with Crippen molar-refractivity contribution in [1.82, 2.24) is 0 Å². The number of anilines is 2. The van der Waals surface area contributed by atoms with Crippen molar-refractivity contribution in [2.75, 3.05) is 10.6 Å². The average Bonchev–Trinajstić information content (AvgIpc) is 3.06. The summed E-state index contributed by atoms with van der Waals surface area (Å²) in [7, 11) is -18.1. The van der Waals surface area contributed by atoms with E-state index in [0.29, 0.717) is 18.7 Å². The quantitative estimate of drug-likeness (QED) is 0.0545. The summed E-state index contributed by atoms with van der Waals surface area (Å²) >= 11 is 0. The Labute approximate surface area is 360 Å². The third-order valence-corrected chi connectivity index (χ3v) is 10.5. The number of hydrogen-bond donors (Lipinski definition) is 5. The van der Waals surface area contributed by atoms with Crippen LogP contribution in [0.15, 0.2) is 127 Å². The molecule has 5 aromatic rings. The van der Waals surface area contributed by atoms with Crippen LogP contribution in [-0.2, 0) is 51.6 Å². The number of hydrogen-bond acceptors (Lipinski definition) is 15. The molecular formula is C31H28N6Na2O12S4. The van der Waals surface area contributed by atoms with E-state index in [-0.39, 0.29) is 85.4 Å². The number of primary sulfonamides is 2. The third kappa shape index (κ3) is 13.4. The third-order valence-electron chi connectivity index (χ3n) is 6.95. The SMILES string of the molecule is CC(=O)Nc1cc2c(O)c(/N=N/c3ccc(S(N)(=O)=O)cc3)c(S(=O)(=O)[O-])cc2cc1S(=O)(=O)[O-].NS(=O)(=O)c1ccc(NCc2ccccc2)cc1.[Na+].[Na+]. The molecule has 0 saturated carbocycles. The van der Waals surface area contributed by atoms with Crippen LogP contribution in [0.1, 0.15) is 12.5 Å². The normalized spacial score (nSPS) is 11.8. The second-order valence-electron chi connectivity index (χ2n) is 10.9. The van der Waals surface area contributed by atoms with E-state index in [1.54, 1.807) is 12.1 Å². The molecule has 0 aliphatic heterocycles. The molecule has 0 radical (unpaired) electrons. The number of azo groups is 1. The van der Waals surface area contributed by atoms with Crippen LogP contribution in [-0.4, -0.2) is 53.8 Å². The van der Waals surface area contributed by atoms with Crippen molar-refractivity contribution in [3.05, 3.63) is 103 Å². The van der Waals surface area contributed by atoms with Crippen LogP contribution in [0.5, 0.6) is 5.75 Å². The molecule has 0 atom stereocenters. The van der Waals surface area contributed by atoms with Gasteiger partial charge < -0.3 is 24.8 Å². The number of carbonyl (C=O) groups is 1. The first kappa shape index (κ1) is 47.8. The summed E-state index contributed by atoms with van der Waals surface area (Å²) < 4.78 is 115. The summed E-state index contributed by atoms with van der Waals surface area (Å²) in [5, 5.41) is 32.7. The fourth-order valence-corrected chi connectivity index (χ4v) is 6.86. The predicted octanol–water partition coefficient (Wildman–Crippen LogP) is -2.67. The van der Waals surface area contributed by atoms with Gasteiger partial charge in [-0.05, 0) is 77.7 Å². The van der Waals surface area contributed by atoms with Crippen molar-refractivity contribution in [3.63, 3.8) is 0 Å². The van der Waals surface area contributed by atoms with Gasteiger partial charge in [-0.3, -0.25) is 4.79 Å². The van der Waals surface area contributed by atoms with Crippen LogP contribution in [0.25, 0.3) is 10.8 Å². The predicted molar refractivity (Wildman–Crippen MR) is 189 cm³/mol. The van der Waals surface area contributed by atoms with E-state index in [9.17, 15) is 52.7 Å².